The quantitative estimate of drug-likeness (QED) is 0.691. The van der Waals surface area contributed by atoms with Crippen LogP contribution >= 0.6 is 0 Å². The number of aromatic nitrogens is 1. The lowest BCUT2D eigenvalue weighted by atomic mass is 10.1. The summed E-state index contributed by atoms with van der Waals surface area (Å²) in [5.74, 6) is 0. The molecule has 0 spiro atoms. The van der Waals surface area contributed by atoms with Gasteiger partial charge in [0, 0.05) is 17.8 Å². The summed E-state index contributed by atoms with van der Waals surface area (Å²) < 4.78 is 4.90. The van der Waals surface area contributed by atoms with Crippen molar-refractivity contribution in [3.05, 3.63) is 47.3 Å². The van der Waals surface area contributed by atoms with Gasteiger partial charge in [-0.3, -0.25) is 4.79 Å². The largest absolute Gasteiger partial charge is 0.472 e. The molecular formula is C9H7NO2. The van der Waals surface area contributed by atoms with E-state index in [0.717, 1.165) is 11.1 Å². The van der Waals surface area contributed by atoms with Gasteiger partial charge in [0.1, 0.15) is 0 Å². The van der Waals surface area contributed by atoms with Crippen LogP contribution in [0, 0.1) is 0 Å². The van der Waals surface area contributed by atoms with Crippen LogP contribution in [0.5, 0.6) is 0 Å². The molecule has 1 N–H and O–H groups in total. The Morgan fingerprint density at radius 2 is 2.17 bits per heavy atom. The number of aromatic amines is 1. The Balaban J connectivity index is 2.55. The van der Waals surface area contributed by atoms with E-state index in [1.807, 2.05) is 12.1 Å². The molecule has 2 heterocycles. The first-order valence-electron chi connectivity index (χ1n) is 3.57. The molecule has 60 valence electrons. The van der Waals surface area contributed by atoms with Gasteiger partial charge in [-0.05, 0) is 17.7 Å². The maximum absolute atomic E-state index is 10.9. The van der Waals surface area contributed by atoms with Gasteiger partial charge < -0.3 is 9.40 Å². The van der Waals surface area contributed by atoms with E-state index in [4.69, 9.17) is 4.42 Å². The molecule has 0 aliphatic carbocycles. The van der Waals surface area contributed by atoms with Gasteiger partial charge in [0.05, 0.1) is 12.5 Å². The third-order valence-corrected chi connectivity index (χ3v) is 1.63. The van der Waals surface area contributed by atoms with Gasteiger partial charge in [-0.1, -0.05) is 0 Å². The van der Waals surface area contributed by atoms with E-state index >= 15 is 0 Å². The van der Waals surface area contributed by atoms with Gasteiger partial charge in [0.2, 0.25) is 5.56 Å². The highest BCUT2D eigenvalue weighted by atomic mass is 16.3. The second-order valence-corrected chi connectivity index (χ2v) is 2.45. The lowest BCUT2D eigenvalue weighted by Crippen LogP contribution is -2.01. The minimum Gasteiger partial charge on any atom is -0.472 e. The Labute approximate surface area is 68.7 Å². The molecular weight excluding hydrogens is 154 g/mol. The van der Waals surface area contributed by atoms with Crippen LogP contribution in [0.4, 0.5) is 0 Å². The van der Waals surface area contributed by atoms with Gasteiger partial charge in [-0.25, -0.2) is 0 Å². The molecule has 0 saturated carbocycles. The molecule has 2 aromatic heterocycles. The SMILES string of the molecule is O=c1cc(-c2ccoc2)cc[nH]1. The molecule has 12 heavy (non-hydrogen) atoms. The zero-order valence-corrected chi connectivity index (χ0v) is 6.28. The average Bonchev–Trinajstić information content (AvgIpc) is 2.56. The molecule has 2 rings (SSSR count). The fourth-order valence-corrected chi connectivity index (χ4v) is 1.05. The van der Waals surface area contributed by atoms with Crippen molar-refractivity contribution in [2.75, 3.05) is 0 Å². The third kappa shape index (κ3) is 1.16. The molecule has 0 bridgehead atoms. The number of hydrogen-bond acceptors (Lipinski definition) is 2. The molecule has 0 amide bonds. The van der Waals surface area contributed by atoms with Crippen LogP contribution in [0.3, 0.4) is 0 Å². The smallest absolute Gasteiger partial charge is 0.248 e. The average molecular weight is 161 g/mol. The zero-order valence-electron chi connectivity index (χ0n) is 6.28. The first-order valence-corrected chi connectivity index (χ1v) is 3.57. The predicted octanol–water partition coefficient (Wildman–Crippen LogP) is 1.63. The van der Waals surface area contributed by atoms with E-state index in [9.17, 15) is 4.79 Å². The molecule has 0 atom stereocenters. The molecule has 0 aromatic carbocycles. The van der Waals surface area contributed by atoms with Crippen molar-refractivity contribution >= 4 is 0 Å². The first-order chi connectivity index (χ1) is 5.86. The summed E-state index contributed by atoms with van der Waals surface area (Å²) in [4.78, 5) is 13.4. The van der Waals surface area contributed by atoms with Gasteiger partial charge in [0.25, 0.3) is 0 Å². The van der Waals surface area contributed by atoms with E-state index in [1.54, 1.807) is 18.7 Å². The standard InChI is InChI=1S/C9H7NO2/c11-9-5-7(1-3-10-9)8-2-4-12-6-8/h1-6H,(H,10,11). The fourth-order valence-electron chi connectivity index (χ4n) is 1.05. The van der Waals surface area contributed by atoms with Gasteiger partial charge in [-0.2, -0.15) is 0 Å². The van der Waals surface area contributed by atoms with Crippen LogP contribution < -0.4 is 5.56 Å². The fraction of sp³-hybridized carbons (Fsp3) is 0. The molecule has 0 aliphatic rings. The van der Waals surface area contributed by atoms with Crippen LogP contribution in [0.2, 0.25) is 0 Å². The lowest BCUT2D eigenvalue weighted by molar-refractivity contribution is 0.568. The number of hydrogen-bond donors (Lipinski definition) is 1. The molecule has 2 aromatic rings. The van der Waals surface area contributed by atoms with E-state index in [0.29, 0.717) is 0 Å². The first kappa shape index (κ1) is 6.91. The van der Waals surface area contributed by atoms with Gasteiger partial charge >= 0.3 is 0 Å². The van der Waals surface area contributed by atoms with Crippen LogP contribution in [-0.4, -0.2) is 4.98 Å². The maximum Gasteiger partial charge on any atom is 0.248 e. The normalized spacial score (nSPS) is 10.0. The summed E-state index contributed by atoms with van der Waals surface area (Å²) in [7, 11) is 0. The van der Waals surface area contributed by atoms with Crippen molar-refractivity contribution in [1.82, 2.24) is 4.98 Å². The van der Waals surface area contributed by atoms with Crippen molar-refractivity contribution in [2.45, 2.75) is 0 Å². The van der Waals surface area contributed by atoms with Gasteiger partial charge in [0.15, 0.2) is 0 Å². The van der Waals surface area contributed by atoms with E-state index in [1.165, 1.54) is 6.07 Å². The predicted molar refractivity (Wildman–Crippen MR) is 44.8 cm³/mol. The second kappa shape index (κ2) is 2.70. The van der Waals surface area contributed by atoms with Crippen molar-refractivity contribution in [3.8, 4) is 11.1 Å². The van der Waals surface area contributed by atoms with Crippen molar-refractivity contribution in [2.24, 2.45) is 0 Å². The summed E-state index contributed by atoms with van der Waals surface area (Å²) >= 11 is 0. The van der Waals surface area contributed by atoms with Crippen molar-refractivity contribution in [1.29, 1.82) is 0 Å². The Hall–Kier alpha value is -1.77. The summed E-state index contributed by atoms with van der Waals surface area (Å²) in [6.07, 6.45) is 4.80. The topological polar surface area (TPSA) is 46.0 Å². The Bertz CT molecular complexity index is 414. The molecule has 0 aliphatic heterocycles. The maximum atomic E-state index is 10.9. The van der Waals surface area contributed by atoms with E-state index < -0.39 is 0 Å². The minimum absolute atomic E-state index is 0.103. The molecule has 3 nitrogen and oxygen atoms in total. The summed E-state index contributed by atoms with van der Waals surface area (Å²) in [5, 5.41) is 0. The summed E-state index contributed by atoms with van der Waals surface area (Å²) in [6.45, 7) is 0. The number of nitrogens with one attached hydrogen (secondary N) is 1. The van der Waals surface area contributed by atoms with Crippen LogP contribution in [0.1, 0.15) is 0 Å². The van der Waals surface area contributed by atoms with E-state index in [-0.39, 0.29) is 5.56 Å². The number of pyridine rings is 1. The number of H-pyrrole nitrogens is 1. The number of rotatable bonds is 1. The zero-order chi connectivity index (χ0) is 8.39. The summed E-state index contributed by atoms with van der Waals surface area (Å²) in [6, 6.07) is 5.17. The Kier molecular flexibility index (Phi) is 1.55. The van der Waals surface area contributed by atoms with Crippen molar-refractivity contribution < 1.29 is 4.42 Å². The van der Waals surface area contributed by atoms with Crippen molar-refractivity contribution in [3.63, 3.8) is 0 Å². The van der Waals surface area contributed by atoms with Crippen LogP contribution in [0.15, 0.2) is 46.1 Å². The van der Waals surface area contributed by atoms with Crippen LogP contribution in [-0.2, 0) is 0 Å². The Morgan fingerprint density at radius 3 is 2.83 bits per heavy atom. The highest BCUT2D eigenvalue weighted by Crippen LogP contribution is 2.16. The molecule has 0 saturated heterocycles. The molecule has 0 fully saturated rings. The summed E-state index contributed by atoms with van der Waals surface area (Å²) in [5.41, 5.74) is 1.68. The minimum atomic E-state index is -0.103. The van der Waals surface area contributed by atoms with E-state index in [2.05, 4.69) is 4.98 Å². The highest BCUT2D eigenvalue weighted by molar-refractivity contribution is 5.60. The monoisotopic (exact) mass is 161 g/mol. The van der Waals surface area contributed by atoms with Crippen LogP contribution in [0.25, 0.3) is 11.1 Å². The van der Waals surface area contributed by atoms with Gasteiger partial charge in [-0.15, -0.1) is 0 Å². The molecule has 3 heteroatoms. The number of furan rings is 1. The third-order valence-electron chi connectivity index (χ3n) is 1.63. The molecule has 0 radical (unpaired) electrons. The lowest BCUT2D eigenvalue weighted by Gasteiger charge is -1.92. The molecule has 0 unspecified atom stereocenters. The highest BCUT2D eigenvalue weighted by Gasteiger charge is 1.97. The Morgan fingerprint density at radius 1 is 1.25 bits per heavy atom. The second-order valence-electron chi connectivity index (χ2n) is 2.45.